The summed E-state index contributed by atoms with van der Waals surface area (Å²) in [6.07, 6.45) is -0.454. The minimum atomic E-state index is -0.454. The number of aryl methyl sites for hydroxylation is 2. The molecule has 0 amide bonds. The van der Waals surface area contributed by atoms with E-state index in [-0.39, 0.29) is 5.78 Å². The van der Waals surface area contributed by atoms with Gasteiger partial charge in [-0.05, 0) is 50.1 Å². The van der Waals surface area contributed by atoms with Gasteiger partial charge in [-0.2, -0.15) is 0 Å². The predicted octanol–water partition coefficient (Wildman–Crippen LogP) is 4.85. The molecule has 0 saturated carbocycles. The molecule has 0 radical (unpaired) electrons. The van der Waals surface area contributed by atoms with Gasteiger partial charge in [0.2, 0.25) is 0 Å². The van der Waals surface area contributed by atoms with Gasteiger partial charge < -0.3 is 4.74 Å². The van der Waals surface area contributed by atoms with Crippen LogP contribution in [0, 0.1) is 13.8 Å². The van der Waals surface area contributed by atoms with Crippen LogP contribution in [0.15, 0.2) is 46.9 Å². The lowest BCUT2D eigenvalue weighted by atomic mass is 9.99. The maximum absolute atomic E-state index is 12.5. The van der Waals surface area contributed by atoms with Crippen LogP contribution in [0.5, 0.6) is 0 Å². The molecule has 0 aliphatic rings. The first kappa shape index (κ1) is 15.9. The van der Waals surface area contributed by atoms with E-state index in [4.69, 9.17) is 4.74 Å². The van der Waals surface area contributed by atoms with Crippen LogP contribution < -0.4 is 0 Å². The van der Waals surface area contributed by atoms with Crippen molar-refractivity contribution in [1.29, 1.82) is 0 Å². The number of carbonyl (C=O) groups excluding carboxylic acids is 1. The molecule has 110 valence electrons. The van der Waals surface area contributed by atoms with Crippen LogP contribution in [0.3, 0.4) is 0 Å². The number of halogens is 1. The van der Waals surface area contributed by atoms with Crippen LogP contribution in [0.2, 0.25) is 0 Å². The summed E-state index contributed by atoms with van der Waals surface area (Å²) in [4.78, 5) is 12.5. The molecule has 2 aromatic carbocycles. The molecule has 3 heteroatoms. The molecular weight excluding hydrogens is 328 g/mol. The molecule has 0 spiro atoms. The van der Waals surface area contributed by atoms with Crippen molar-refractivity contribution in [3.05, 3.63) is 69.2 Å². The van der Waals surface area contributed by atoms with E-state index in [0.717, 1.165) is 26.7 Å². The smallest absolute Gasteiger partial charge is 0.191 e. The SMILES string of the molecule is Cc1ccc(C)c(C(=O)C(C)OCc2cccc(Br)c2)c1. The van der Waals surface area contributed by atoms with Crippen molar-refractivity contribution >= 4 is 21.7 Å². The molecule has 0 heterocycles. The van der Waals surface area contributed by atoms with Gasteiger partial charge in [0.15, 0.2) is 5.78 Å². The number of hydrogen-bond donors (Lipinski definition) is 0. The number of Topliss-reactive ketones (excluding diaryl/α,β-unsaturated/α-hetero) is 1. The Labute approximate surface area is 134 Å². The second-order valence-corrected chi connectivity index (χ2v) is 6.18. The Morgan fingerprint density at radius 2 is 1.95 bits per heavy atom. The molecule has 21 heavy (non-hydrogen) atoms. The number of benzene rings is 2. The van der Waals surface area contributed by atoms with Crippen molar-refractivity contribution < 1.29 is 9.53 Å². The van der Waals surface area contributed by atoms with Crippen LogP contribution in [-0.2, 0) is 11.3 Å². The van der Waals surface area contributed by atoms with Gasteiger partial charge in [-0.25, -0.2) is 0 Å². The quantitative estimate of drug-likeness (QED) is 0.723. The van der Waals surface area contributed by atoms with E-state index in [1.807, 2.05) is 63.2 Å². The molecule has 0 N–H and O–H groups in total. The minimum absolute atomic E-state index is 0.0335. The number of ketones is 1. The standard InChI is InChI=1S/C18H19BrO2/c1-12-7-8-13(2)17(9-12)18(20)14(3)21-11-15-5-4-6-16(19)10-15/h4-10,14H,11H2,1-3H3. The Balaban J connectivity index is 2.04. The number of carbonyl (C=O) groups is 1. The van der Waals surface area contributed by atoms with Gasteiger partial charge in [-0.3, -0.25) is 4.79 Å². The zero-order valence-electron chi connectivity index (χ0n) is 12.5. The lowest BCUT2D eigenvalue weighted by Crippen LogP contribution is -2.21. The fraction of sp³-hybridized carbons (Fsp3) is 0.278. The largest absolute Gasteiger partial charge is 0.366 e. The van der Waals surface area contributed by atoms with Crippen molar-refractivity contribution in [2.75, 3.05) is 0 Å². The van der Waals surface area contributed by atoms with Crippen molar-refractivity contribution in [3.63, 3.8) is 0 Å². The lowest BCUT2D eigenvalue weighted by Gasteiger charge is -2.14. The van der Waals surface area contributed by atoms with Gasteiger partial charge in [0.25, 0.3) is 0 Å². The third-order valence-electron chi connectivity index (χ3n) is 3.42. The molecule has 0 aromatic heterocycles. The maximum Gasteiger partial charge on any atom is 0.191 e. The third-order valence-corrected chi connectivity index (χ3v) is 3.91. The summed E-state index contributed by atoms with van der Waals surface area (Å²) in [6.45, 7) is 6.18. The molecule has 2 rings (SSSR count). The van der Waals surface area contributed by atoms with Gasteiger partial charge in [-0.1, -0.05) is 45.8 Å². The summed E-state index contributed by atoms with van der Waals surface area (Å²) in [7, 11) is 0. The molecule has 0 aliphatic heterocycles. The van der Waals surface area contributed by atoms with Crippen molar-refractivity contribution in [2.24, 2.45) is 0 Å². The highest BCUT2D eigenvalue weighted by atomic mass is 79.9. The zero-order chi connectivity index (χ0) is 15.4. The van der Waals surface area contributed by atoms with Gasteiger partial charge in [0.1, 0.15) is 6.10 Å². The first-order valence-corrected chi connectivity index (χ1v) is 7.74. The second-order valence-electron chi connectivity index (χ2n) is 5.27. The third kappa shape index (κ3) is 4.26. The summed E-state index contributed by atoms with van der Waals surface area (Å²) < 4.78 is 6.73. The summed E-state index contributed by atoms with van der Waals surface area (Å²) in [5.41, 5.74) is 3.87. The summed E-state index contributed by atoms with van der Waals surface area (Å²) >= 11 is 3.43. The van der Waals surface area contributed by atoms with Crippen LogP contribution in [-0.4, -0.2) is 11.9 Å². The van der Waals surface area contributed by atoms with Gasteiger partial charge in [-0.15, -0.1) is 0 Å². The average molecular weight is 347 g/mol. The molecule has 0 fully saturated rings. The molecule has 2 aromatic rings. The van der Waals surface area contributed by atoms with E-state index in [1.54, 1.807) is 0 Å². The molecule has 0 bridgehead atoms. The molecule has 2 nitrogen and oxygen atoms in total. The molecule has 0 saturated heterocycles. The van der Waals surface area contributed by atoms with Crippen LogP contribution in [0.4, 0.5) is 0 Å². The monoisotopic (exact) mass is 346 g/mol. The number of ether oxygens (including phenoxy) is 1. The Hall–Kier alpha value is -1.45. The highest BCUT2D eigenvalue weighted by molar-refractivity contribution is 9.10. The predicted molar refractivity (Wildman–Crippen MR) is 88.6 cm³/mol. The van der Waals surface area contributed by atoms with Gasteiger partial charge >= 0.3 is 0 Å². The Kier molecular flexibility index (Phi) is 5.32. The Morgan fingerprint density at radius 1 is 1.19 bits per heavy atom. The van der Waals surface area contributed by atoms with E-state index in [9.17, 15) is 4.79 Å². The fourth-order valence-electron chi connectivity index (χ4n) is 2.14. The first-order chi connectivity index (χ1) is 9.97. The highest BCUT2D eigenvalue weighted by Gasteiger charge is 2.17. The topological polar surface area (TPSA) is 26.3 Å². The Morgan fingerprint density at radius 3 is 2.67 bits per heavy atom. The van der Waals surface area contributed by atoms with E-state index >= 15 is 0 Å². The highest BCUT2D eigenvalue weighted by Crippen LogP contribution is 2.16. The van der Waals surface area contributed by atoms with E-state index in [0.29, 0.717) is 6.61 Å². The fourth-order valence-corrected chi connectivity index (χ4v) is 2.59. The lowest BCUT2D eigenvalue weighted by molar-refractivity contribution is 0.0411. The first-order valence-electron chi connectivity index (χ1n) is 6.95. The van der Waals surface area contributed by atoms with Crippen LogP contribution >= 0.6 is 15.9 Å². The van der Waals surface area contributed by atoms with E-state index in [2.05, 4.69) is 15.9 Å². The van der Waals surface area contributed by atoms with Crippen molar-refractivity contribution in [3.8, 4) is 0 Å². The summed E-state index contributed by atoms with van der Waals surface area (Å²) in [5.74, 6) is 0.0335. The zero-order valence-corrected chi connectivity index (χ0v) is 14.1. The second kappa shape index (κ2) is 7.01. The average Bonchev–Trinajstić information content (AvgIpc) is 2.46. The molecule has 1 unspecified atom stereocenters. The summed E-state index contributed by atoms with van der Waals surface area (Å²) in [5, 5.41) is 0. The molecular formula is C18H19BrO2. The van der Waals surface area contributed by atoms with Gasteiger partial charge in [0.05, 0.1) is 6.61 Å². The van der Waals surface area contributed by atoms with Gasteiger partial charge in [0, 0.05) is 10.0 Å². The maximum atomic E-state index is 12.5. The number of hydrogen-bond acceptors (Lipinski definition) is 2. The van der Waals surface area contributed by atoms with E-state index in [1.165, 1.54) is 0 Å². The Bertz CT molecular complexity index is 649. The van der Waals surface area contributed by atoms with E-state index < -0.39 is 6.10 Å². The van der Waals surface area contributed by atoms with Crippen molar-refractivity contribution in [1.82, 2.24) is 0 Å². The number of rotatable bonds is 5. The normalized spacial score (nSPS) is 12.2. The van der Waals surface area contributed by atoms with Crippen LogP contribution in [0.25, 0.3) is 0 Å². The van der Waals surface area contributed by atoms with Crippen LogP contribution in [0.1, 0.15) is 34.0 Å². The molecule has 1 atom stereocenters. The van der Waals surface area contributed by atoms with Crippen molar-refractivity contribution in [2.45, 2.75) is 33.5 Å². The minimum Gasteiger partial charge on any atom is -0.366 e. The molecule has 0 aliphatic carbocycles. The summed E-state index contributed by atoms with van der Waals surface area (Å²) in [6, 6.07) is 13.8.